The van der Waals surface area contributed by atoms with Gasteiger partial charge < -0.3 is 0 Å². The van der Waals surface area contributed by atoms with Gasteiger partial charge in [0.05, 0.1) is 0 Å². The molecule has 0 nitrogen and oxygen atoms in total. The van der Waals surface area contributed by atoms with Crippen molar-refractivity contribution in [2.24, 2.45) is 0 Å². The average molecular weight is 190 g/mol. The van der Waals surface area contributed by atoms with Crippen LogP contribution in [0, 0.1) is 13.8 Å². The number of fused-ring (bicyclic) bond motifs is 1. The summed E-state index contributed by atoms with van der Waals surface area (Å²) < 4.78 is 1.46. The highest BCUT2D eigenvalue weighted by atomic mass is 32.1. The Balaban J connectivity index is 2.82. The Labute approximate surface area is 83.2 Å². The van der Waals surface area contributed by atoms with E-state index in [1.165, 1.54) is 26.8 Å². The van der Waals surface area contributed by atoms with Crippen molar-refractivity contribution >= 4 is 21.4 Å². The molecule has 1 heterocycles. The molecule has 2 aromatic rings. The van der Waals surface area contributed by atoms with Gasteiger partial charge in [-0.25, -0.2) is 0 Å². The molecule has 0 aliphatic rings. The largest absolute Gasteiger partial charge is 0.143 e. The van der Waals surface area contributed by atoms with Crippen LogP contribution in [0.5, 0.6) is 0 Å². The molecule has 0 bridgehead atoms. The van der Waals surface area contributed by atoms with Gasteiger partial charge >= 0.3 is 0 Å². The number of thiophene rings is 1. The summed E-state index contributed by atoms with van der Waals surface area (Å²) in [5.41, 5.74) is 4.28. The van der Waals surface area contributed by atoms with E-state index in [2.05, 4.69) is 38.3 Å². The topological polar surface area (TPSA) is 0 Å². The van der Waals surface area contributed by atoms with Crippen molar-refractivity contribution in [2.75, 3.05) is 0 Å². The second-order valence-electron chi connectivity index (χ2n) is 3.57. The molecule has 1 aromatic carbocycles. The lowest BCUT2D eigenvalue weighted by molar-refractivity contribution is 1.17. The summed E-state index contributed by atoms with van der Waals surface area (Å²) in [6.07, 6.45) is 1.14. The number of aryl methyl sites for hydroxylation is 3. The fraction of sp³-hybridized carbons (Fsp3) is 0.333. The van der Waals surface area contributed by atoms with E-state index >= 15 is 0 Å². The maximum Gasteiger partial charge on any atom is 0.0374 e. The van der Waals surface area contributed by atoms with Crippen molar-refractivity contribution in [3.05, 3.63) is 34.2 Å². The maximum atomic E-state index is 2.30. The highest BCUT2D eigenvalue weighted by Crippen LogP contribution is 2.30. The Morgan fingerprint density at radius 2 is 2.00 bits per heavy atom. The molecule has 0 amide bonds. The standard InChI is InChI=1S/C12H14S/c1-4-10-7-13-12-9(3)5-8(2)6-11(10)12/h5-7H,4H2,1-3H3. The number of hydrogen-bond donors (Lipinski definition) is 0. The first-order valence-electron chi connectivity index (χ1n) is 4.69. The van der Waals surface area contributed by atoms with Crippen molar-refractivity contribution in [2.45, 2.75) is 27.2 Å². The second-order valence-corrected chi connectivity index (χ2v) is 4.45. The molecule has 0 spiro atoms. The van der Waals surface area contributed by atoms with Crippen molar-refractivity contribution in [1.29, 1.82) is 0 Å². The molecule has 1 heteroatoms. The van der Waals surface area contributed by atoms with Crippen LogP contribution in [0.1, 0.15) is 23.6 Å². The summed E-state index contributed by atoms with van der Waals surface area (Å²) in [4.78, 5) is 0. The summed E-state index contributed by atoms with van der Waals surface area (Å²) >= 11 is 1.87. The van der Waals surface area contributed by atoms with E-state index < -0.39 is 0 Å². The molecule has 0 fully saturated rings. The first kappa shape index (κ1) is 8.76. The molecule has 13 heavy (non-hydrogen) atoms. The van der Waals surface area contributed by atoms with Gasteiger partial charge in [-0.05, 0) is 42.2 Å². The zero-order chi connectivity index (χ0) is 9.42. The minimum atomic E-state index is 1.14. The molecule has 0 saturated carbocycles. The minimum Gasteiger partial charge on any atom is -0.143 e. The van der Waals surface area contributed by atoms with E-state index in [4.69, 9.17) is 0 Å². The van der Waals surface area contributed by atoms with Crippen LogP contribution in [0.4, 0.5) is 0 Å². The summed E-state index contributed by atoms with van der Waals surface area (Å²) in [6.45, 7) is 6.59. The van der Waals surface area contributed by atoms with Gasteiger partial charge in [-0.3, -0.25) is 0 Å². The van der Waals surface area contributed by atoms with E-state index in [0.29, 0.717) is 0 Å². The van der Waals surface area contributed by atoms with Crippen molar-refractivity contribution in [3.63, 3.8) is 0 Å². The molecule has 0 N–H and O–H groups in total. The molecule has 2 rings (SSSR count). The fourth-order valence-electron chi connectivity index (χ4n) is 1.82. The normalized spacial score (nSPS) is 11.0. The minimum absolute atomic E-state index is 1.14. The highest BCUT2D eigenvalue weighted by Gasteiger charge is 2.04. The van der Waals surface area contributed by atoms with Gasteiger partial charge in [-0.1, -0.05) is 24.6 Å². The van der Waals surface area contributed by atoms with Crippen molar-refractivity contribution in [3.8, 4) is 0 Å². The van der Waals surface area contributed by atoms with Gasteiger partial charge in [0.25, 0.3) is 0 Å². The Morgan fingerprint density at radius 3 is 2.69 bits per heavy atom. The first-order valence-corrected chi connectivity index (χ1v) is 5.57. The van der Waals surface area contributed by atoms with Gasteiger partial charge in [-0.15, -0.1) is 11.3 Å². The van der Waals surface area contributed by atoms with E-state index in [1.54, 1.807) is 0 Å². The third-order valence-electron chi connectivity index (χ3n) is 2.46. The van der Waals surface area contributed by atoms with Crippen LogP contribution < -0.4 is 0 Å². The van der Waals surface area contributed by atoms with Gasteiger partial charge in [0, 0.05) is 4.70 Å². The van der Waals surface area contributed by atoms with Crippen LogP contribution in [0.25, 0.3) is 10.1 Å². The zero-order valence-electron chi connectivity index (χ0n) is 8.35. The van der Waals surface area contributed by atoms with E-state index in [-0.39, 0.29) is 0 Å². The Bertz CT molecular complexity index is 438. The van der Waals surface area contributed by atoms with Crippen LogP contribution in [-0.4, -0.2) is 0 Å². The lowest BCUT2D eigenvalue weighted by Gasteiger charge is -2.00. The molecule has 1 aromatic heterocycles. The van der Waals surface area contributed by atoms with Crippen LogP contribution in [0.3, 0.4) is 0 Å². The Morgan fingerprint density at radius 1 is 1.23 bits per heavy atom. The van der Waals surface area contributed by atoms with E-state index in [9.17, 15) is 0 Å². The van der Waals surface area contributed by atoms with Crippen molar-refractivity contribution in [1.82, 2.24) is 0 Å². The van der Waals surface area contributed by atoms with Crippen LogP contribution in [0.15, 0.2) is 17.5 Å². The summed E-state index contributed by atoms with van der Waals surface area (Å²) in [7, 11) is 0. The summed E-state index contributed by atoms with van der Waals surface area (Å²) in [5, 5.41) is 3.75. The zero-order valence-corrected chi connectivity index (χ0v) is 9.16. The monoisotopic (exact) mass is 190 g/mol. The molecule has 0 aliphatic heterocycles. The Hall–Kier alpha value is -0.820. The molecule has 0 saturated heterocycles. The lowest BCUT2D eigenvalue weighted by Crippen LogP contribution is -1.80. The smallest absolute Gasteiger partial charge is 0.0374 e. The van der Waals surface area contributed by atoms with Gasteiger partial charge in [0.1, 0.15) is 0 Å². The second kappa shape index (κ2) is 3.15. The van der Waals surface area contributed by atoms with Crippen LogP contribution in [-0.2, 0) is 6.42 Å². The average Bonchev–Trinajstić information content (AvgIpc) is 2.47. The molecule has 0 unspecified atom stereocenters. The predicted molar refractivity (Wildman–Crippen MR) is 60.7 cm³/mol. The van der Waals surface area contributed by atoms with E-state index in [1.807, 2.05) is 11.3 Å². The van der Waals surface area contributed by atoms with Crippen LogP contribution >= 0.6 is 11.3 Å². The summed E-state index contributed by atoms with van der Waals surface area (Å²) in [5.74, 6) is 0. The summed E-state index contributed by atoms with van der Waals surface area (Å²) in [6, 6.07) is 4.57. The van der Waals surface area contributed by atoms with Crippen LogP contribution in [0.2, 0.25) is 0 Å². The van der Waals surface area contributed by atoms with Gasteiger partial charge in [0.15, 0.2) is 0 Å². The highest BCUT2D eigenvalue weighted by molar-refractivity contribution is 7.17. The first-order chi connectivity index (χ1) is 6.22. The third kappa shape index (κ3) is 1.37. The Kier molecular flexibility index (Phi) is 2.12. The molecular formula is C12H14S. The molecule has 0 aliphatic carbocycles. The molecule has 0 radical (unpaired) electrons. The predicted octanol–water partition coefficient (Wildman–Crippen LogP) is 4.08. The number of rotatable bonds is 1. The quantitative estimate of drug-likeness (QED) is 0.635. The van der Waals surface area contributed by atoms with Crippen molar-refractivity contribution < 1.29 is 0 Å². The molecular weight excluding hydrogens is 176 g/mol. The van der Waals surface area contributed by atoms with Gasteiger partial charge in [0.2, 0.25) is 0 Å². The van der Waals surface area contributed by atoms with Gasteiger partial charge in [-0.2, -0.15) is 0 Å². The van der Waals surface area contributed by atoms with E-state index in [0.717, 1.165) is 6.42 Å². The molecule has 0 atom stereocenters. The number of hydrogen-bond acceptors (Lipinski definition) is 1. The fourth-order valence-corrected chi connectivity index (χ4v) is 2.93. The molecule has 68 valence electrons. The number of benzene rings is 1. The maximum absolute atomic E-state index is 2.30. The SMILES string of the molecule is CCc1csc2c(C)cc(C)cc12. The third-order valence-corrected chi connectivity index (χ3v) is 3.64. The lowest BCUT2D eigenvalue weighted by atomic mass is 10.1.